The summed E-state index contributed by atoms with van der Waals surface area (Å²) < 4.78 is 0. The van der Waals surface area contributed by atoms with E-state index in [1.54, 1.807) is 35.5 Å². The van der Waals surface area contributed by atoms with E-state index < -0.39 is 18.0 Å². The van der Waals surface area contributed by atoms with Gasteiger partial charge >= 0.3 is 6.03 Å². The molecule has 1 aromatic carbocycles. The number of thiophene rings is 1. The molecule has 6 rings (SSSR count). The van der Waals surface area contributed by atoms with Crippen molar-refractivity contribution < 1.29 is 14.4 Å². The van der Waals surface area contributed by atoms with Crippen LogP contribution >= 0.6 is 11.3 Å². The number of hydrogen-bond donors (Lipinski definition) is 1. The molecule has 4 amide bonds. The number of nitrogens with one attached hydrogen (secondary N) is 1. The number of anilines is 2. The summed E-state index contributed by atoms with van der Waals surface area (Å²) in [6.45, 7) is 9.40. The lowest BCUT2D eigenvalue weighted by Gasteiger charge is -2.36. The molecular weight excluding hydrogens is 512 g/mol. The monoisotopic (exact) mass is 546 g/mol. The SMILES string of the molecule is CC(C)(C)[C@@H]1CCc2c(sc3ncnc(N4CCN(C(=O)C[C@H]5NC(=O)N(c6ccccc6)C5=O)CC4)c23)C1. The first-order valence-electron chi connectivity index (χ1n) is 13.7. The van der Waals surface area contributed by atoms with Crippen LogP contribution in [0.4, 0.5) is 16.3 Å². The third-order valence-corrected chi connectivity index (χ3v) is 9.56. The van der Waals surface area contributed by atoms with Gasteiger partial charge in [0.25, 0.3) is 5.91 Å². The highest BCUT2D eigenvalue weighted by Crippen LogP contribution is 2.44. The summed E-state index contributed by atoms with van der Waals surface area (Å²) >= 11 is 1.81. The average Bonchev–Trinajstić information content (AvgIpc) is 3.44. The summed E-state index contributed by atoms with van der Waals surface area (Å²) in [5.74, 6) is 1.12. The van der Waals surface area contributed by atoms with Crippen molar-refractivity contribution in [1.29, 1.82) is 0 Å². The first-order chi connectivity index (χ1) is 18.7. The number of urea groups is 1. The van der Waals surface area contributed by atoms with Gasteiger partial charge in [0, 0.05) is 31.1 Å². The van der Waals surface area contributed by atoms with Crippen LogP contribution in [0.1, 0.15) is 44.1 Å². The van der Waals surface area contributed by atoms with Crippen LogP contribution < -0.4 is 15.1 Å². The van der Waals surface area contributed by atoms with Crippen molar-refractivity contribution in [2.24, 2.45) is 11.3 Å². The second-order valence-corrected chi connectivity index (χ2v) is 12.9. The number of hydrogen-bond acceptors (Lipinski definition) is 7. The number of imide groups is 1. The molecule has 4 heterocycles. The van der Waals surface area contributed by atoms with Crippen molar-refractivity contribution in [2.45, 2.75) is 52.5 Å². The van der Waals surface area contributed by atoms with Gasteiger partial charge in [-0.15, -0.1) is 11.3 Å². The van der Waals surface area contributed by atoms with E-state index in [0.717, 1.165) is 28.4 Å². The van der Waals surface area contributed by atoms with Gasteiger partial charge < -0.3 is 15.1 Å². The van der Waals surface area contributed by atoms with Gasteiger partial charge in [0.15, 0.2) is 0 Å². The molecule has 0 radical (unpaired) electrons. The van der Waals surface area contributed by atoms with Crippen LogP contribution in [0, 0.1) is 11.3 Å². The minimum absolute atomic E-state index is 0.0430. The Balaban J connectivity index is 1.12. The van der Waals surface area contributed by atoms with Crippen molar-refractivity contribution in [2.75, 3.05) is 36.0 Å². The number of amides is 4. The fraction of sp³-hybridized carbons (Fsp3) is 0.483. The molecule has 10 heteroatoms. The number of para-hydroxylation sites is 1. The summed E-state index contributed by atoms with van der Waals surface area (Å²) in [7, 11) is 0. The summed E-state index contributed by atoms with van der Waals surface area (Å²) in [4.78, 5) is 55.5. The minimum atomic E-state index is -0.848. The van der Waals surface area contributed by atoms with E-state index in [1.165, 1.54) is 22.2 Å². The quantitative estimate of drug-likeness (QED) is 0.497. The number of carbonyl (C=O) groups is 3. The third-order valence-electron chi connectivity index (χ3n) is 8.39. The van der Waals surface area contributed by atoms with Gasteiger partial charge in [0.05, 0.1) is 17.5 Å². The summed E-state index contributed by atoms with van der Waals surface area (Å²) in [6.07, 6.45) is 4.94. The lowest BCUT2D eigenvalue weighted by Crippen LogP contribution is -2.50. The molecule has 2 aromatic heterocycles. The van der Waals surface area contributed by atoms with E-state index in [4.69, 9.17) is 4.98 Å². The minimum Gasteiger partial charge on any atom is -0.352 e. The van der Waals surface area contributed by atoms with E-state index in [1.807, 2.05) is 17.4 Å². The number of rotatable bonds is 4. The lowest BCUT2D eigenvalue weighted by molar-refractivity contribution is -0.133. The second kappa shape index (κ2) is 9.89. The normalized spacial score (nSPS) is 21.9. The Morgan fingerprint density at radius 2 is 1.82 bits per heavy atom. The van der Waals surface area contributed by atoms with E-state index >= 15 is 0 Å². The molecule has 0 bridgehead atoms. The maximum absolute atomic E-state index is 13.1. The molecule has 2 aliphatic heterocycles. The van der Waals surface area contributed by atoms with Crippen LogP contribution in [0.5, 0.6) is 0 Å². The molecule has 2 saturated heterocycles. The number of carbonyl (C=O) groups excluding carboxylic acids is 3. The van der Waals surface area contributed by atoms with E-state index in [9.17, 15) is 14.4 Å². The van der Waals surface area contributed by atoms with Crippen molar-refractivity contribution in [3.05, 3.63) is 47.1 Å². The van der Waals surface area contributed by atoms with Gasteiger partial charge in [-0.2, -0.15) is 0 Å². The Hall–Kier alpha value is -3.53. The number of aryl methyl sites for hydroxylation is 1. The van der Waals surface area contributed by atoms with Gasteiger partial charge in [-0.3, -0.25) is 9.59 Å². The van der Waals surface area contributed by atoms with Gasteiger partial charge in [-0.1, -0.05) is 39.0 Å². The number of nitrogens with zero attached hydrogens (tertiary/aromatic N) is 5. The van der Waals surface area contributed by atoms with Crippen LogP contribution in [0.2, 0.25) is 0 Å². The van der Waals surface area contributed by atoms with Gasteiger partial charge in [-0.25, -0.2) is 19.7 Å². The molecular formula is C29H34N6O3S. The van der Waals surface area contributed by atoms with Crippen molar-refractivity contribution >= 4 is 50.9 Å². The Morgan fingerprint density at radius 1 is 1.08 bits per heavy atom. The molecule has 204 valence electrons. The number of piperazine rings is 1. The van der Waals surface area contributed by atoms with Gasteiger partial charge in [0.1, 0.15) is 23.0 Å². The molecule has 39 heavy (non-hydrogen) atoms. The molecule has 0 saturated carbocycles. The van der Waals surface area contributed by atoms with E-state index in [0.29, 0.717) is 37.8 Å². The first-order valence-corrected chi connectivity index (χ1v) is 14.5. The molecule has 9 nitrogen and oxygen atoms in total. The highest BCUT2D eigenvalue weighted by Gasteiger charge is 2.41. The van der Waals surface area contributed by atoms with Crippen LogP contribution in [-0.4, -0.2) is 64.9 Å². The molecule has 1 aliphatic carbocycles. The first kappa shape index (κ1) is 25.7. The van der Waals surface area contributed by atoms with Gasteiger partial charge in [-0.05, 0) is 48.3 Å². The lowest BCUT2D eigenvalue weighted by atomic mass is 9.72. The van der Waals surface area contributed by atoms with Crippen LogP contribution in [-0.2, 0) is 22.4 Å². The standard InChI is InChI=1S/C29H34N6O3S/c1-29(2,3)18-9-10-20-22(15-18)39-26-24(20)25(30-17-31-26)34-13-11-33(12-14-34)23(36)16-21-27(37)35(28(38)32-21)19-7-5-4-6-8-19/h4-8,17-18,21H,9-16H2,1-3H3,(H,32,38)/t18-,21-/m1/s1. The number of aromatic nitrogens is 2. The summed E-state index contributed by atoms with van der Waals surface area (Å²) in [5, 5.41) is 3.86. The molecule has 1 N–H and O–H groups in total. The highest BCUT2D eigenvalue weighted by molar-refractivity contribution is 7.19. The maximum Gasteiger partial charge on any atom is 0.329 e. The van der Waals surface area contributed by atoms with Crippen LogP contribution in [0.25, 0.3) is 10.2 Å². The number of fused-ring (bicyclic) bond motifs is 3. The predicted molar refractivity (Wildman–Crippen MR) is 152 cm³/mol. The highest BCUT2D eigenvalue weighted by atomic mass is 32.1. The third kappa shape index (κ3) is 4.75. The number of benzene rings is 1. The van der Waals surface area contributed by atoms with Crippen LogP contribution in [0.15, 0.2) is 36.7 Å². The zero-order valence-electron chi connectivity index (χ0n) is 22.6. The predicted octanol–water partition coefficient (Wildman–Crippen LogP) is 4.01. The maximum atomic E-state index is 13.1. The molecule has 0 unspecified atom stereocenters. The summed E-state index contributed by atoms with van der Waals surface area (Å²) in [6, 6.07) is 7.44. The largest absolute Gasteiger partial charge is 0.352 e. The Bertz CT molecular complexity index is 1420. The Kier molecular flexibility index (Phi) is 6.53. The van der Waals surface area contributed by atoms with Crippen molar-refractivity contribution in [3.63, 3.8) is 0 Å². The topological polar surface area (TPSA) is 98.7 Å². The second-order valence-electron chi connectivity index (χ2n) is 11.8. The van der Waals surface area contributed by atoms with Crippen molar-refractivity contribution in [1.82, 2.24) is 20.2 Å². The fourth-order valence-electron chi connectivity index (χ4n) is 6.04. The molecule has 3 aliphatic rings. The molecule has 0 spiro atoms. The van der Waals surface area contributed by atoms with E-state index in [-0.39, 0.29) is 17.7 Å². The Labute approximate surface area is 232 Å². The average molecular weight is 547 g/mol. The molecule has 3 aromatic rings. The fourth-order valence-corrected chi connectivity index (χ4v) is 7.30. The zero-order valence-corrected chi connectivity index (χ0v) is 23.5. The van der Waals surface area contributed by atoms with E-state index in [2.05, 4.69) is 36.0 Å². The zero-order chi connectivity index (χ0) is 27.3. The summed E-state index contributed by atoms with van der Waals surface area (Å²) in [5.41, 5.74) is 2.20. The molecule has 2 fully saturated rings. The van der Waals surface area contributed by atoms with Gasteiger partial charge in [0.2, 0.25) is 5.91 Å². The Morgan fingerprint density at radius 3 is 2.54 bits per heavy atom. The van der Waals surface area contributed by atoms with Crippen LogP contribution in [0.3, 0.4) is 0 Å². The smallest absolute Gasteiger partial charge is 0.329 e. The van der Waals surface area contributed by atoms with Crippen molar-refractivity contribution in [3.8, 4) is 0 Å². The molecule has 2 atom stereocenters.